The molecule has 0 aliphatic heterocycles. The van der Waals surface area contributed by atoms with Crippen LogP contribution in [0, 0.1) is 5.82 Å². The van der Waals surface area contributed by atoms with Gasteiger partial charge in [-0.15, -0.1) is 11.8 Å². The Morgan fingerprint density at radius 3 is 2.50 bits per heavy atom. The summed E-state index contributed by atoms with van der Waals surface area (Å²) in [6.45, 7) is 0. The summed E-state index contributed by atoms with van der Waals surface area (Å²) in [4.78, 5) is 13.2. The van der Waals surface area contributed by atoms with E-state index in [2.05, 4.69) is 0 Å². The van der Waals surface area contributed by atoms with Gasteiger partial charge in [0.2, 0.25) is 0 Å². The molecule has 2 nitrogen and oxygen atoms in total. The van der Waals surface area contributed by atoms with Gasteiger partial charge in [0.1, 0.15) is 0 Å². The SMILES string of the molecule is COc1cccc(CC(=O)c2ccc(SC)cc2)c1F. The van der Waals surface area contributed by atoms with Crippen molar-refractivity contribution in [2.45, 2.75) is 11.3 Å². The first kappa shape index (κ1) is 14.6. The molecular formula is C16H15FO2S. The summed E-state index contributed by atoms with van der Waals surface area (Å²) in [6.07, 6.45) is 2.00. The van der Waals surface area contributed by atoms with Crippen molar-refractivity contribution in [3.05, 3.63) is 59.4 Å². The fourth-order valence-corrected chi connectivity index (χ4v) is 2.31. The van der Waals surface area contributed by atoms with Crippen molar-refractivity contribution in [1.29, 1.82) is 0 Å². The van der Waals surface area contributed by atoms with Crippen LogP contribution in [-0.2, 0) is 6.42 Å². The quantitative estimate of drug-likeness (QED) is 0.615. The zero-order chi connectivity index (χ0) is 14.5. The zero-order valence-corrected chi connectivity index (χ0v) is 12.2. The Bertz CT molecular complexity index is 608. The molecule has 0 amide bonds. The summed E-state index contributed by atoms with van der Waals surface area (Å²) in [5.74, 6) is -0.415. The molecule has 104 valence electrons. The van der Waals surface area contributed by atoms with Gasteiger partial charge in [-0.05, 0) is 30.0 Å². The van der Waals surface area contributed by atoms with E-state index in [1.54, 1.807) is 36.0 Å². The van der Waals surface area contributed by atoms with Crippen molar-refractivity contribution < 1.29 is 13.9 Å². The van der Waals surface area contributed by atoms with Crippen molar-refractivity contribution in [2.75, 3.05) is 13.4 Å². The molecule has 0 saturated carbocycles. The van der Waals surface area contributed by atoms with Crippen molar-refractivity contribution in [3.8, 4) is 5.75 Å². The molecule has 4 heteroatoms. The number of carbonyl (C=O) groups is 1. The third-order valence-electron chi connectivity index (χ3n) is 3.03. The fourth-order valence-electron chi connectivity index (χ4n) is 1.90. The molecule has 0 bridgehead atoms. The highest BCUT2D eigenvalue weighted by atomic mass is 32.2. The second-order valence-electron chi connectivity index (χ2n) is 4.26. The van der Waals surface area contributed by atoms with E-state index in [9.17, 15) is 9.18 Å². The smallest absolute Gasteiger partial charge is 0.168 e. The lowest BCUT2D eigenvalue weighted by Gasteiger charge is -2.07. The maximum Gasteiger partial charge on any atom is 0.168 e. The minimum Gasteiger partial charge on any atom is -0.494 e. The summed E-state index contributed by atoms with van der Waals surface area (Å²) in [7, 11) is 1.41. The summed E-state index contributed by atoms with van der Waals surface area (Å²) in [5.41, 5.74) is 0.938. The minimum absolute atomic E-state index is 0.0294. The van der Waals surface area contributed by atoms with E-state index in [0.717, 1.165) is 4.90 Å². The summed E-state index contributed by atoms with van der Waals surface area (Å²) >= 11 is 1.61. The lowest BCUT2D eigenvalue weighted by atomic mass is 10.0. The Balaban J connectivity index is 2.18. The van der Waals surface area contributed by atoms with Gasteiger partial charge in [-0.3, -0.25) is 4.79 Å². The summed E-state index contributed by atoms with van der Waals surface area (Å²) in [5, 5.41) is 0. The maximum atomic E-state index is 14.0. The molecule has 0 aromatic heterocycles. The Morgan fingerprint density at radius 2 is 1.90 bits per heavy atom. The largest absolute Gasteiger partial charge is 0.494 e. The van der Waals surface area contributed by atoms with E-state index in [1.165, 1.54) is 13.2 Å². The number of hydrogen-bond donors (Lipinski definition) is 0. The molecule has 0 saturated heterocycles. The number of rotatable bonds is 5. The molecule has 2 aromatic rings. The summed E-state index contributed by atoms with van der Waals surface area (Å²) < 4.78 is 18.9. The van der Waals surface area contributed by atoms with Gasteiger partial charge in [0.25, 0.3) is 0 Å². The van der Waals surface area contributed by atoms with E-state index >= 15 is 0 Å². The molecule has 0 spiro atoms. The molecule has 0 N–H and O–H groups in total. The molecule has 0 heterocycles. The van der Waals surface area contributed by atoms with Crippen LogP contribution in [0.15, 0.2) is 47.4 Å². The fraction of sp³-hybridized carbons (Fsp3) is 0.188. The summed E-state index contributed by atoms with van der Waals surface area (Å²) in [6, 6.07) is 12.1. The highest BCUT2D eigenvalue weighted by Gasteiger charge is 2.13. The van der Waals surface area contributed by atoms with Crippen LogP contribution in [0.3, 0.4) is 0 Å². The normalized spacial score (nSPS) is 10.3. The molecule has 20 heavy (non-hydrogen) atoms. The topological polar surface area (TPSA) is 26.3 Å². The van der Waals surface area contributed by atoms with Crippen molar-refractivity contribution in [1.82, 2.24) is 0 Å². The molecule has 0 fully saturated rings. The predicted molar refractivity (Wildman–Crippen MR) is 79.2 cm³/mol. The third kappa shape index (κ3) is 3.20. The zero-order valence-electron chi connectivity index (χ0n) is 11.4. The second kappa shape index (κ2) is 6.57. The first-order valence-corrected chi connectivity index (χ1v) is 7.37. The number of hydrogen-bond acceptors (Lipinski definition) is 3. The molecule has 0 aliphatic carbocycles. The lowest BCUT2D eigenvalue weighted by molar-refractivity contribution is 0.0991. The maximum absolute atomic E-state index is 14.0. The molecule has 0 aliphatic rings. The van der Waals surface area contributed by atoms with E-state index in [0.29, 0.717) is 11.1 Å². The van der Waals surface area contributed by atoms with E-state index in [4.69, 9.17) is 4.74 Å². The highest BCUT2D eigenvalue weighted by Crippen LogP contribution is 2.22. The van der Waals surface area contributed by atoms with E-state index in [-0.39, 0.29) is 18.0 Å². The van der Waals surface area contributed by atoms with Gasteiger partial charge in [-0.2, -0.15) is 0 Å². The van der Waals surface area contributed by atoms with Crippen LogP contribution in [0.4, 0.5) is 4.39 Å². The first-order chi connectivity index (χ1) is 9.65. The van der Waals surface area contributed by atoms with Gasteiger partial charge in [0.15, 0.2) is 17.3 Å². The third-order valence-corrected chi connectivity index (χ3v) is 3.77. The van der Waals surface area contributed by atoms with Crippen molar-refractivity contribution in [2.24, 2.45) is 0 Å². The van der Waals surface area contributed by atoms with Crippen LogP contribution in [0.2, 0.25) is 0 Å². The van der Waals surface area contributed by atoms with Gasteiger partial charge in [0.05, 0.1) is 7.11 Å². The molecular weight excluding hydrogens is 275 g/mol. The predicted octanol–water partition coefficient (Wildman–Crippen LogP) is 3.98. The average Bonchev–Trinajstić information content (AvgIpc) is 2.49. The second-order valence-corrected chi connectivity index (χ2v) is 5.14. The average molecular weight is 290 g/mol. The Labute approximate surface area is 122 Å². The number of Topliss-reactive ketones (excluding diaryl/α,β-unsaturated/α-hetero) is 1. The molecule has 0 atom stereocenters. The molecule has 2 rings (SSSR count). The van der Waals surface area contributed by atoms with Gasteiger partial charge in [0, 0.05) is 16.9 Å². The molecule has 0 unspecified atom stereocenters. The monoisotopic (exact) mass is 290 g/mol. The van der Waals surface area contributed by atoms with Gasteiger partial charge < -0.3 is 4.74 Å². The van der Waals surface area contributed by atoms with Crippen LogP contribution >= 0.6 is 11.8 Å². The van der Waals surface area contributed by atoms with Gasteiger partial charge >= 0.3 is 0 Å². The van der Waals surface area contributed by atoms with Crippen LogP contribution < -0.4 is 4.74 Å². The van der Waals surface area contributed by atoms with Gasteiger partial charge in [-0.1, -0.05) is 24.3 Å². The number of thioether (sulfide) groups is 1. The van der Waals surface area contributed by atoms with Crippen LogP contribution in [-0.4, -0.2) is 19.1 Å². The number of methoxy groups -OCH3 is 1. The lowest BCUT2D eigenvalue weighted by Crippen LogP contribution is -2.06. The number of carbonyl (C=O) groups excluding carboxylic acids is 1. The van der Waals surface area contributed by atoms with Crippen LogP contribution in [0.5, 0.6) is 5.75 Å². The van der Waals surface area contributed by atoms with Crippen LogP contribution in [0.1, 0.15) is 15.9 Å². The number of ether oxygens (including phenoxy) is 1. The van der Waals surface area contributed by atoms with E-state index in [1.807, 2.05) is 18.4 Å². The van der Waals surface area contributed by atoms with Gasteiger partial charge in [-0.25, -0.2) is 4.39 Å². The van der Waals surface area contributed by atoms with E-state index < -0.39 is 5.82 Å². The van der Waals surface area contributed by atoms with Crippen molar-refractivity contribution >= 4 is 17.5 Å². The first-order valence-electron chi connectivity index (χ1n) is 6.14. The molecule has 2 aromatic carbocycles. The highest BCUT2D eigenvalue weighted by molar-refractivity contribution is 7.98. The van der Waals surface area contributed by atoms with Crippen molar-refractivity contribution in [3.63, 3.8) is 0 Å². The van der Waals surface area contributed by atoms with Crippen LogP contribution in [0.25, 0.3) is 0 Å². The number of halogens is 1. The number of ketones is 1. The Hall–Kier alpha value is -1.81. The standard InChI is InChI=1S/C16H15FO2S/c1-19-15-5-3-4-12(16(15)17)10-14(18)11-6-8-13(20-2)9-7-11/h3-9H,10H2,1-2H3. The minimum atomic E-state index is -0.468. The number of benzene rings is 2. The molecule has 0 radical (unpaired) electrons. The Morgan fingerprint density at radius 1 is 1.20 bits per heavy atom. The Kier molecular flexibility index (Phi) is 4.79.